The number of hydrogen-bond donors (Lipinski definition) is 1. The third-order valence-electron chi connectivity index (χ3n) is 3.68. The minimum atomic E-state index is -3.55. The first-order chi connectivity index (χ1) is 13.0. The maximum Gasteiger partial charge on any atom is 0.307 e. The maximum absolute atomic E-state index is 12.4. The molecule has 3 aromatic rings. The van der Waals surface area contributed by atoms with Crippen molar-refractivity contribution in [3.05, 3.63) is 84.1 Å². The van der Waals surface area contributed by atoms with E-state index in [0.717, 1.165) is 0 Å². The monoisotopic (exact) mass is 383 g/mol. The lowest BCUT2D eigenvalue weighted by atomic mass is 10.3. The van der Waals surface area contributed by atoms with Crippen molar-refractivity contribution in [2.24, 2.45) is 5.10 Å². The van der Waals surface area contributed by atoms with Gasteiger partial charge in [-0.1, -0.05) is 24.3 Å². The van der Waals surface area contributed by atoms with Gasteiger partial charge in [-0.05, 0) is 43.3 Å². The molecule has 0 aliphatic carbocycles. The summed E-state index contributed by atoms with van der Waals surface area (Å²) in [6.07, 6.45) is 1.63. The van der Waals surface area contributed by atoms with Crippen molar-refractivity contribution in [3.63, 3.8) is 0 Å². The number of aromatic nitrogens is 1. The highest BCUT2D eigenvalue weighted by Crippen LogP contribution is 2.18. The summed E-state index contributed by atoms with van der Waals surface area (Å²) in [7, 11) is -3.55. The van der Waals surface area contributed by atoms with Crippen LogP contribution in [0.4, 0.5) is 0 Å². The number of pyridine rings is 1. The normalized spacial score (nSPS) is 12.0. The van der Waals surface area contributed by atoms with Crippen molar-refractivity contribution in [2.45, 2.75) is 17.6 Å². The average Bonchev–Trinajstić information content (AvgIpc) is 3.15. The molecule has 1 N–H and O–H groups in total. The Morgan fingerprint density at radius 1 is 1.07 bits per heavy atom. The predicted molar refractivity (Wildman–Crippen MR) is 100.0 cm³/mol. The van der Waals surface area contributed by atoms with Gasteiger partial charge in [0, 0.05) is 6.20 Å². The van der Waals surface area contributed by atoms with Crippen molar-refractivity contribution in [3.8, 4) is 0 Å². The Morgan fingerprint density at radius 3 is 2.52 bits per heavy atom. The quantitative estimate of drug-likeness (QED) is 0.521. The van der Waals surface area contributed by atoms with Gasteiger partial charge in [-0.25, -0.2) is 13.8 Å². The minimum absolute atomic E-state index is 0.0224. The molecule has 0 unspecified atom stereocenters. The molecule has 0 fully saturated rings. The standard InChI is InChI=1S/C19H17N3O4S/c1-14(17-9-5-6-12-20-17)21-22-19(23)18-11-10-15(26-18)13-27(24,25)16-7-3-2-4-8-16/h2-12H,13H2,1H3,(H,22,23)/b21-14-. The van der Waals surface area contributed by atoms with Crippen LogP contribution in [0.2, 0.25) is 0 Å². The van der Waals surface area contributed by atoms with Gasteiger partial charge in [0.1, 0.15) is 11.5 Å². The van der Waals surface area contributed by atoms with Gasteiger partial charge in [-0.2, -0.15) is 5.10 Å². The number of sulfone groups is 1. The summed E-state index contributed by atoms with van der Waals surface area (Å²) in [4.78, 5) is 16.5. The van der Waals surface area contributed by atoms with Crippen LogP contribution in [0.5, 0.6) is 0 Å². The molecule has 0 aliphatic rings. The Kier molecular flexibility index (Phi) is 5.46. The molecule has 1 amide bonds. The number of hydrogen-bond acceptors (Lipinski definition) is 6. The summed E-state index contributed by atoms with van der Waals surface area (Å²) in [5.74, 6) is -0.755. The highest BCUT2D eigenvalue weighted by atomic mass is 32.2. The van der Waals surface area contributed by atoms with Crippen LogP contribution in [-0.4, -0.2) is 25.0 Å². The lowest BCUT2D eigenvalue weighted by Gasteiger charge is -2.02. The van der Waals surface area contributed by atoms with Gasteiger partial charge in [0.25, 0.3) is 0 Å². The SMILES string of the molecule is C/C(=N/NC(=O)c1ccc(CS(=O)(=O)c2ccccc2)o1)c1ccccn1. The van der Waals surface area contributed by atoms with Gasteiger partial charge >= 0.3 is 5.91 Å². The van der Waals surface area contributed by atoms with Crippen LogP contribution in [0.15, 0.2) is 81.3 Å². The first-order valence-electron chi connectivity index (χ1n) is 8.08. The molecule has 0 atom stereocenters. The lowest BCUT2D eigenvalue weighted by Crippen LogP contribution is -2.19. The van der Waals surface area contributed by atoms with Gasteiger partial charge in [0.15, 0.2) is 15.6 Å². The molecule has 27 heavy (non-hydrogen) atoms. The Morgan fingerprint density at radius 2 is 1.81 bits per heavy atom. The smallest absolute Gasteiger partial charge is 0.307 e. The number of nitrogens with one attached hydrogen (secondary N) is 1. The molecule has 7 nitrogen and oxygen atoms in total. The fraction of sp³-hybridized carbons (Fsp3) is 0.105. The Labute approximate surface area is 156 Å². The molecule has 0 bridgehead atoms. The molecule has 8 heteroatoms. The van der Waals surface area contributed by atoms with Crippen LogP contribution < -0.4 is 5.43 Å². The van der Waals surface area contributed by atoms with Crippen LogP contribution in [0.25, 0.3) is 0 Å². The fourth-order valence-electron chi connectivity index (χ4n) is 2.30. The molecule has 0 spiro atoms. The molecule has 2 heterocycles. The van der Waals surface area contributed by atoms with E-state index in [1.807, 2.05) is 6.07 Å². The second kappa shape index (κ2) is 7.96. The van der Waals surface area contributed by atoms with Crippen molar-refractivity contribution < 1.29 is 17.6 Å². The molecule has 0 aliphatic heterocycles. The van der Waals surface area contributed by atoms with E-state index in [2.05, 4.69) is 15.5 Å². The molecule has 3 rings (SSSR count). The number of nitrogens with zero attached hydrogens (tertiary/aromatic N) is 2. The minimum Gasteiger partial charge on any atom is -0.455 e. The van der Waals surface area contributed by atoms with E-state index in [9.17, 15) is 13.2 Å². The number of benzene rings is 1. The van der Waals surface area contributed by atoms with Crippen LogP contribution in [0.3, 0.4) is 0 Å². The van der Waals surface area contributed by atoms with Crippen LogP contribution in [-0.2, 0) is 15.6 Å². The van der Waals surface area contributed by atoms with E-state index in [0.29, 0.717) is 11.4 Å². The van der Waals surface area contributed by atoms with Gasteiger partial charge < -0.3 is 4.42 Å². The summed E-state index contributed by atoms with van der Waals surface area (Å²) in [5, 5.41) is 3.98. The molecule has 0 saturated carbocycles. The van der Waals surface area contributed by atoms with Gasteiger partial charge in [0.05, 0.1) is 16.3 Å². The van der Waals surface area contributed by atoms with Crippen LogP contribution in [0.1, 0.15) is 28.9 Å². The summed E-state index contributed by atoms with van der Waals surface area (Å²) >= 11 is 0. The molecule has 2 aromatic heterocycles. The summed E-state index contributed by atoms with van der Waals surface area (Å²) < 4.78 is 30.1. The molecule has 138 valence electrons. The predicted octanol–water partition coefficient (Wildman–Crippen LogP) is 2.80. The highest BCUT2D eigenvalue weighted by molar-refractivity contribution is 7.90. The number of carbonyl (C=O) groups is 1. The number of rotatable bonds is 6. The lowest BCUT2D eigenvalue weighted by molar-refractivity contribution is 0.0925. The fourth-order valence-corrected chi connectivity index (χ4v) is 3.57. The largest absolute Gasteiger partial charge is 0.455 e. The second-order valence-electron chi connectivity index (χ2n) is 5.69. The van der Waals surface area contributed by atoms with Gasteiger partial charge in [-0.15, -0.1) is 0 Å². The Balaban J connectivity index is 1.68. The number of furan rings is 1. The topological polar surface area (TPSA) is 102 Å². The molecule has 1 aromatic carbocycles. The zero-order valence-electron chi connectivity index (χ0n) is 14.5. The summed E-state index contributed by atoms with van der Waals surface area (Å²) in [5.41, 5.74) is 3.53. The third-order valence-corrected chi connectivity index (χ3v) is 5.34. The molecular weight excluding hydrogens is 366 g/mol. The Hall–Kier alpha value is -3.26. The van der Waals surface area contributed by atoms with Gasteiger partial charge in [0.2, 0.25) is 0 Å². The van der Waals surface area contributed by atoms with E-state index >= 15 is 0 Å². The van der Waals surface area contributed by atoms with Crippen molar-refractivity contribution in [1.82, 2.24) is 10.4 Å². The van der Waals surface area contributed by atoms with Crippen LogP contribution in [0, 0.1) is 0 Å². The van der Waals surface area contributed by atoms with Gasteiger partial charge in [-0.3, -0.25) is 9.78 Å². The maximum atomic E-state index is 12.4. The van der Waals surface area contributed by atoms with Crippen molar-refractivity contribution >= 4 is 21.5 Å². The van der Waals surface area contributed by atoms with E-state index in [1.54, 1.807) is 43.5 Å². The Bertz CT molecular complexity index is 1060. The number of hydrazone groups is 1. The highest BCUT2D eigenvalue weighted by Gasteiger charge is 2.19. The van der Waals surface area contributed by atoms with E-state index in [-0.39, 0.29) is 22.2 Å². The number of carbonyl (C=O) groups excluding carboxylic acids is 1. The van der Waals surface area contributed by atoms with Crippen molar-refractivity contribution in [2.75, 3.05) is 0 Å². The average molecular weight is 383 g/mol. The molecular formula is C19H17N3O4S. The zero-order valence-corrected chi connectivity index (χ0v) is 15.3. The molecule has 0 saturated heterocycles. The first kappa shape index (κ1) is 18.5. The zero-order chi connectivity index (χ0) is 19.3. The van der Waals surface area contributed by atoms with Crippen LogP contribution >= 0.6 is 0 Å². The van der Waals surface area contributed by atoms with E-state index < -0.39 is 15.7 Å². The first-order valence-corrected chi connectivity index (χ1v) is 9.73. The molecule has 0 radical (unpaired) electrons. The summed E-state index contributed by atoms with van der Waals surface area (Å²) in [6.45, 7) is 1.71. The third kappa shape index (κ3) is 4.68. The second-order valence-corrected chi connectivity index (χ2v) is 7.68. The number of amides is 1. The van der Waals surface area contributed by atoms with Crippen molar-refractivity contribution in [1.29, 1.82) is 0 Å². The summed E-state index contributed by atoms with van der Waals surface area (Å²) in [6, 6.07) is 16.3. The van der Waals surface area contributed by atoms with E-state index in [1.165, 1.54) is 24.3 Å². The van der Waals surface area contributed by atoms with E-state index in [4.69, 9.17) is 4.42 Å².